The van der Waals surface area contributed by atoms with Crippen LogP contribution in [0.25, 0.3) is 10.2 Å². The first-order valence-corrected chi connectivity index (χ1v) is 11.4. The van der Waals surface area contributed by atoms with Gasteiger partial charge in [-0.05, 0) is 36.6 Å². The number of thiazole rings is 1. The summed E-state index contributed by atoms with van der Waals surface area (Å²) >= 11 is 1.56. The van der Waals surface area contributed by atoms with Crippen LogP contribution in [-0.2, 0) is 16.1 Å². The zero-order valence-corrected chi connectivity index (χ0v) is 19.1. The number of fused-ring (bicyclic) bond motifs is 1. The van der Waals surface area contributed by atoms with Crippen molar-refractivity contribution in [2.24, 2.45) is 0 Å². The minimum Gasteiger partial charge on any atom is -0.340 e. The van der Waals surface area contributed by atoms with Gasteiger partial charge >= 0.3 is 0 Å². The van der Waals surface area contributed by atoms with Crippen LogP contribution in [0.4, 0.5) is 5.13 Å². The second kappa shape index (κ2) is 9.16. The van der Waals surface area contributed by atoms with E-state index >= 15 is 0 Å². The molecular weight excluding hydrogens is 408 g/mol. The number of benzene rings is 2. The molecule has 162 valence electrons. The predicted molar refractivity (Wildman–Crippen MR) is 125 cm³/mol. The van der Waals surface area contributed by atoms with E-state index in [1.165, 1.54) is 5.56 Å². The lowest BCUT2D eigenvalue weighted by Gasteiger charge is -2.34. The van der Waals surface area contributed by atoms with Crippen molar-refractivity contribution in [3.8, 4) is 0 Å². The monoisotopic (exact) mass is 436 g/mol. The van der Waals surface area contributed by atoms with Gasteiger partial charge in [0, 0.05) is 33.1 Å². The van der Waals surface area contributed by atoms with Crippen molar-refractivity contribution in [3.05, 3.63) is 59.2 Å². The predicted octanol–water partition coefficient (Wildman–Crippen LogP) is 3.61. The van der Waals surface area contributed by atoms with Crippen LogP contribution in [0.1, 0.15) is 23.6 Å². The van der Waals surface area contributed by atoms with E-state index in [-0.39, 0.29) is 11.8 Å². The highest BCUT2D eigenvalue weighted by Crippen LogP contribution is 2.32. The maximum Gasteiger partial charge on any atom is 0.243 e. The average Bonchev–Trinajstić information content (AvgIpc) is 3.20. The Hall–Kier alpha value is -2.77. The molecule has 2 aromatic carbocycles. The van der Waals surface area contributed by atoms with E-state index in [9.17, 15) is 9.59 Å². The van der Waals surface area contributed by atoms with Crippen molar-refractivity contribution in [3.63, 3.8) is 0 Å². The van der Waals surface area contributed by atoms with Crippen molar-refractivity contribution in [1.82, 2.24) is 14.8 Å². The Balaban J connectivity index is 1.58. The molecule has 0 N–H and O–H groups in total. The van der Waals surface area contributed by atoms with E-state index in [1.54, 1.807) is 18.3 Å². The summed E-state index contributed by atoms with van der Waals surface area (Å²) in [6.45, 7) is 9.34. The third kappa shape index (κ3) is 4.78. The number of hydrogen-bond acceptors (Lipinski definition) is 5. The SMILES string of the molecule is CC(=O)N1CCN(CC(=O)N(Cc2ccccc2)c2nc3c(C)c(C)ccc3s2)CC1. The Morgan fingerprint density at radius 2 is 1.74 bits per heavy atom. The Morgan fingerprint density at radius 1 is 1.03 bits per heavy atom. The van der Waals surface area contributed by atoms with Crippen LogP contribution in [0.3, 0.4) is 0 Å². The van der Waals surface area contributed by atoms with Crippen LogP contribution < -0.4 is 4.90 Å². The van der Waals surface area contributed by atoms with Crippen LogP contribution in [0, 0.1) is 13.8 Å². The molecule has 4 rings (SSSR count). The molecule has 1 aromatic heterocycles. The van der Waals surface area contributed by atoms with E-state index < -0.39 is 0 Å². The molecule has 3 aromatic rings. The summed E-state index contributed by atoms with van der Waals surface area (Å²) in [7, 11) is 0. The van der Waals surface area contributed by atoms with Crippen molar-refractivity contribution < 1.29 is 9.59 Å². The lowest BCUT2D eigenvalue weighted by molar-refractivity contribution is -0.130. The Bertz CT molecular complexity index is 1090. The smallest absolute Gasteiger partial charge is 0.243 e. The number of nitrogens with zero attached hydrogens (tertiary/aromatic N) is 4. The lowest BCUT2D eigenvalue weighted by atomic mass is 10.1. The van der Waals surface area contributed by atoms with Crippen LogP contribution in [-0.4, -0.2) is 59.3 Å². The van der Waals surface area contributed by atoms with Gasteiger partial charge in [-0.1, -0.05) is 47.7 Å². The van der Waals surface area contributed by atoms with Gasteiger partial charge in [-0.2, -0.15) is 0 Å². The van der Waals surface area contributed by atoms with E-state index in [0.29, 0.717) is 39.3 Å². The summed E-state index contributed by atoms with van der Waals surface area (Å²) in [5.74, 6) is 0.130. The van der Waals surface area contributed by atoms with Crippen LogP contribution >= 0.6 is 11.3 Å². The van der Waals surface area contributed by atoms with Crippen molar-refractivity contribution in [2.75, 3.05) is 37.6 Å². The Morgan fingerprint density at radius 3 is 2.42 bits per heavy atom. The molecule has 0 radical (unpaired) electrons. The van der Waals surface area contributed by atoms with Gasteiger partial charge in [0.15, 0.2) is 5.13 Å². The van der Waals surface area contributed by atoms with E-state index in [2.05, 4.69) is 30.9 Å². The summed E-state index contributed by atoms with van der Waals surface area (Å²) in [5, 5.41) is 0.736. The first-order valence-electron chi connectivity index (χ1n) is 10.6. The van der Waals surface area contributed by atoms with E-state index in [0.717, 1.165) is 26.5 Å². The molecule has 0 saturated carbocycles. The summed E-state index contributed by atoms with van der Waals surface area (Å²) in [5.41, 5.74) is 4.41. The van der Waals surface area contributed by atoms with E-state index in [4.69, 9.17) is 4.98 Å². The number of hydrogen-bond donors (Lipinski definition) is 0. The number of anilines is 1. The summed E-state index contributed by atoms with van der Waals surface area (Å²) in [4.78, 5) is 35.7. The Labute approximate surface area is 187 Å². The molecule has 1 aliphatic heterocycles. The van der Waals surface area contributed by atoms with Crippen LogP contribution in [0.2, 0.25) is 0 Å². The number of aromatic nitrogens is 1. The van der Waals surface area contributed by atoms with E-state index in [1.807, 2.05) is 40.1 Å². The van der Waals surface area contributed by atoms with Gasteiger partial charge in [-0.3, -0.25) is 19.4 Å². The molecule has 1 saturated heterocycles. The summed E-state index contributed by atoms with van der Waals surface area (Å²) in [6.07, 6.45) is 0. The largest absolute Gasteiger partial charge is 0.340 e. The minimum atomic E-state index is 0.0357. The standard InChI is InChI=1S/C24H28N4O2S/c1-17-9-10-21-23(18(17)2)25-24(31-21)28(15-20-7-5-4-6-8-20)22(30)16-26-11-13-27(14-12-26)19(3)29/h4-10H,11-16H2,1-3H3. The lowest BCUT2D eigenvalue weighted by Crippen LogP contribution is -2.51. The number of piperazine rings is 1. The molecule has 0 spiro atoms. The highest BCUT2D eigenvalue weighted by atomic mass is 32.1. The second-order valence-electron chi connectivity index (χ2n) is 8.10. The van der Waals surface area contributed by atoms with Crippen molar-refractivity contribution >= 4 is 38.5 Å². The van der Waals surface area contributed by atoms with Gasteiger partial charge in [-0.25, -0.2) is 4.98 Å². The molecule has 0 unspecified atom stereocenters. The van der Waals surface area contributed by atoms with Gasteiger partial charge in [0.1, 0.15) is 0 Å². The molecular formula is C24H28N4O2S. The molecule has 0 aliphatic carbocycles. The maximum atomic E-state index is 13.4. The quantitative estimate of drug-likeness (QED) is 0.613. The van der Waals surface area contributed by atoms with Gasteiger partial charge in [0.2, 0.25) is 11.8 Å². The average molecular weight is 437 g/mol. The first kappa shape index (κ1) is 21.5. The topological polar surface area (TPSA) is 56.8 Å². The highest BCUT2D eigenvalue weighted by molar-refractivity contribution is 7.22. The molecule has 2 amide bonds. The zero-order chi connectivity index (χ0) is 22.0. The van der Waals surface area contributed by atoms with Crippen molar-refractivity contribution in [1.29, 1.82) is 0 Å². The number of amides is 2. The number of carbonyl (C=O) groups excluding carboxylic acids is 2. The van der Waals surface area contributed by atoms with Crippen molar-refractivity contribution in [2.45, 2.75) is 27.3 Å². The molecule has 6 nitrogen and oxygen atoms in total. The van der Waals surface area contributed by atoms with Gasteiger partial charge in [0.05, 0.1) is 23.3 Å². The summed E-state index contributed by atoms with van der Waals surface area (Å²) < 4.78 is 1.10. The van der Waals surface area contributed by atoms with Gasteiger partial charge in [0.25, 0.3) is 0 Å². The molecule has 7 heteroatoms. The van der Waals surface area contributed by atoms with Crippen LogP contribution in [0.5, 0.6) is 0 Å². The third-order valence-electron chi connectivity index (χ3n) is 5.97. The maximum absolute atomic E-state index is 13.4. The third-order valence-corrected chi connectivity index (χ3v) is 7.01. The molecule has 0 atom stereocenters. The number of rotatable bonds is 5. The normalized spacial score (nSPS) is 14.7. The molecule has 1 fully saturated rings. The molecule has 2 heterocycles. The highest BCUT2D eigenvalue weighted by Gasteiger charge is 2.25. The molecule has 1 aliphatic rings. The van der Waals surface area contributed by atoms with Gasteiger partial charge in [-0.15, -0.1) is 0 Å². The Kier molecular flexibility index (Phi) is 6.34. The van der Waals surface area contributed by atoms with Crippen LogP contribution in [0.15, 0.2) is 42.5 Å². The second-order valence-corrected chi connectivity index (χ2v) is 9.11. The summed E-state index contributed by atoms with van der Waals surface area (Å²) in [6, 6.07) is 14.2. The number of carbonyl (C=O) groups is 2. The van der Waals surface area contributed by atoms with Gasteiger partial charge < -0.3 is 4.90 Å². The molecule has 31 heavy (non-hydrogen) atoms. The first-order chi connectivity index (χ1) is 14.9. The number of aryl methyl sites for hydroxylation is 2. The molecule has 0 bridgehead atoms. The fraction of sp³-hybridized carbons (Fsp3) is 0.375. The minimum absolute atomic E-state index is 0.0357. The zero-order valence-electron chi connectivity index (χ0n) is 18.3. The fourth-order valence-corrected chi connectivity index (χ4v) is 4.90. The fourth-order valence-electron chi connectivity index (χ4n) is 3.86.